The van der Waals surface area contributed by atoms with Gasteiger partial charge in [-0.25, -0.2) is 4.79 Å². The van der Waals surface area contributed by atoms with Crippen LogP contribution in [0, 0.1) is 5.92 Å². The minimum Gasteiger partial charge on any atom is -0.452 e. The van der Waals surface area contributed by atoms with Gasteiger partial charge in [-0.2, -0.15) is 0 Å². The summed E-state index contributed by atoms with van der Waals surface area (Å²) in [4.78, 5) is 42.1. The Morgan fingerprint density at radius 3 is 2.53 bits per heavy atom. The Morgan fingerprint density at radius 1 is 1.10 bits per heavy atom. The fourth-order valence-electron chi connectivity index (χ4n) is 4.20. The topological polar surface area (TPSA) is 85.4 Å². The molecule has 3 rings (SSSR count). The maximum absolute atomic E-state index is 13.0. The molecule has 1 saturated carbocycles. The minimum absolute atomic E-state index is 0.120. The van der Waals surface area contributed by atoms with E-state index in [1.807, 2.05) is 31.2 Å². The molecule has 2 amide bonds. The lowest BCUT2D eigenvalue weighted by Crippen LogP contribution is -2.39. The van der Waals surface area contributed by atoms with E-state index in [9.17, 15) is 14.4 Å². The number of benzene rings is 1. The first-order valence-corrected chi connectivity index (χ1v) is 11.0. The Labute approximate surface area is 177 Å². The highest BCUT2D eigenvalue weighted by Gasteiger charge is 2.24. The van der Waals surface area contributed by atoms with Gasteiger partial charge in [-0.3, -0.25) is 19.9 Å². The summed E-state index contributed by atoms with van der Waals surface area (Å²) >= 11 is 0. The predicted molar refractivity (Wildman–Crippen MR) is 115 cm³/mol. The molecule has 160 valence electrons. The van der Waals surface area contributed by atoms with Crippen molar-refractivity contribution in [2.75, 3.05) is 6.61 Å². The highest BCUT2D eigenvalue weighted by Crippen LogP contribution is 2.26. The molecule has 0 aliphatic heterocycles. The highest BCUT2D eigenvalue weighted by atomic mass is 16.5. The number of pyridine rings is 1. The fourth-order valence-corrected chi connectivity index (χ4v) is 4.20. The number of rotatable bonds is 7. The number of carbonyl (C=O) groups is 3. The molecule has 1 aromatic heterocycles. The Morgan fingerprint density at radius 2 is 1.83 bits per heavy atom. The normalized spacial score (nSPS) is 14.5. The van der Waals surface area contributed by atoms with Gasteiger partial charge < -0.3 is 4.74 Å². The van der Waals surface area contributed by atoms with Crippen molar-refractivity contribution < 1.29 is 19.1 Å². The van der Waals surface area contributed by atoms with Gasteiger partial charge in [0.05, 0.1) is 11.1 Å². The summed E-state index contributed by atoms with van der Waals surface area (Å²) < 4.78 is 5.33. The van der Waals surface area contributed by atoms with Crippen molar-refractivity contribution in [3.8, 4) is 0 Å². The van der Waals surface area contributed by atoms with Crippen LogP contribution in [0.3, 0.4) is 0 Å². The first-order valence-electron chi connectivity index (χ1n) is 11.0. The largest absolute Gasteiger partial charge is 0.452 e. The van der Waals surface area contributed by atoms with Gasteiger partial charge in [-0.15, -0.1) is 0 Å². The predicted octanol–water partition coefficient (Wildman–Crippen LogP) is 4.13. The third-order valence-corrected chi connectivity index (χ3v) is 5.70. The van der Waals surface area contributed by atoms with E-state index >= 15 is 0 Å². The third kappa shape index (κ3) is 5.04. The van der Waals surface area contributed by atoms with Crippen molar-refractivity contribution in [2.24, 2.45) is 5.92 Å². The van der Waals surface area contributed by atoms with Crippen LogP contribution in [-0.2, 0) is 27.2 Å². The van der Waals surface area contributed by atoms with Crippen molar-refractivity contribution in [1.29, 1.82) is 0 Å². The number of nitrogens with one attached hydrogen (secondary N) is 1. The quantitative estimate of drug-likeness (QED) is 0.694. The average molecular weight is 411 g/mol. The van der Waals surface area contributed by atoms with Crippen molar-refractivity contribution in [2.45, 2.75) is 65.2 Å². The number of nitrogens with zero attached hydrogens (tertiary/aromatic N) is 1. The molecule has 1 fully saturated rings. The number of esters is 1. The molecule has 1 aromatic carbocycles. The Balaban J connectivity index is 1.74. The van der Waals surface area contributed by atoms with Gasteiger partial charge in [-0.05, 0) is 37.3 Å². The fraction of sp³-hybridized carbons (Fsp3) is 0.500. The maximum atomic E-state index is 13.0. The summed E-state index contributed by atoms with van der Waals surface area (Å²) in [5.41, 5.74) is 2.96. The third-order valence-electron chi connectivity index (χ3n) is 5.70. The number of ether oxygens (including phenoxy) is 1. The molecule has 0 bridgehead atoms. The second-order valence-electron chi connectivity index (χ2n) is 7.86. The first-order chi connectivity index (χ1) is 14.5. The van der Waals surface area contributed by atoms with Gasteiger partial charge >= 0.3 is 5.97 Å². The van der Waals surface area contributed by atoms with E-state index in [0.717, 1.165) is 67.1 Å². The summed E-state index contributed by atoms with van der Waals surface area (Å²) in [6.45, 7) is 3.58. The van der Waals surface area contributed by atoms with E-state index in [0.29, 0.717) is 12.0 Å². The summed E-state index contributed by atoms with van der Waals surface area (Å²) in [6, 6.07) is 7.46. The first kappa shape index (κ1) is 21.9. The van der Waals surface area contributed by atoms with Gasteiger partial charge in [0, 0.05) is 17.0 Å². The highest BCUT2D eigenvalue weighted by molar-refractivity contribution is 6.06. The lowest BCUT2D eigenvalue weighted by molar-refractivity contribution is -0.135. The lowest BCUT2D eigenvalue weighted by atomic mass is 9.89. The molecular formula is C24H30N2O4. The molecule has 0 saturated heterocycles. The Bertz CT molecular complexity index is 932. The van der Waals surface area contributed by atoms with Gasteiger partial charge in [-0.1, -0.05) is 57.7 Å². The summed E-state index contributed by atoms with van der Waals surface area (Å²) in [6.07, 6.45) is 7.10. The molecule has 1 aliphatic rings. The SMILES string of the molecule is CCCc1nc2ccccc2c(C(=O)OCC(=O)NC(=O)C2CCCCC2)c1CC. The van der Waals surface area contributed by atoms with Crippen LogP contribution in [0.25, 0.3) is 10.9 Å². The molecule has 0 atom stereocenters. The Kier molecular flexibility index (Phi) is 7.55. The van der Waals surface area contributed by atoms with Crippen molar-refractivity contribution in [3.63, 3.8) is 0 Å². The molecule has 0 unspecified atom stereocenters. The van der Waals surface area contributed by atoms with Gasteiger partial charge in [0.2, 0.25) is 5.91 Å². The van der Waals surface area contributed by atoms with Gasteiger partial charge in [0.15, 0.2) is 6.61 Å². The molecule has 1 aliphatic carbocycles. The zero-order valence-corrected chi connectivity index (χ0v) is 17.8. The van der Waals surface area contributed by atoms with Crippen LogP contribution >= 0.6 is 0 Å². The van der Waals surface area contributed by atoms with Crippen LogP contribution in [0.15, 0.2) is 24.3 Å². The van der Waals surface area contributed by atoms with E-state index < -0.39 is 18.5 Å². The second-order valence-corrected chi connectivity index (χ2v) is 7.86. The van der Waals surface area contributed by atoms with Crippen molar-refractivity contribution in [1.82, 2.24) is 10.3 Å². The van der Waals surface area contributed by atoms with Crippen LogP contribution in [0.5, 0.6) is 0 Å². The molecule has 6 heteroatoms. The smallest absolute Gasteiger partial charge is 0.339 e. The molecule has 1 N–H and O–H groups in total. The summed E-state index contributed by atoms with van der Waals surface area (Å²) in [7, 11) is 0. The average Bonchev–Trinajstić information content (AvgIpc) is 2.77. The van der Waals surface area contributed by atoms with E-state index in [1.165, 1.54) is 0 Å². The van der Waals surface area contributed by atoms with Crippen molar-refractivity contribution >= 4 is 28.7 Å². The number of aromatic nitrogens is 1. The number of amides is 2. The van der Waals surface area contributed by atoms with Crippen LogP contribution in [0.4, 0.5) is 0 Å². The molecule has 1 heterocycles. The van der Waals surface area contributed by atoms with E-state index in [4.69, 9.17) is 9.72 Å². The summed E-state index contributed by atoms with van der Waals surface area (Å²) in [5.74, 6) is -1.51. The van der Waals surface area contributed by atoms with Crippen LogP contribution in [0.1, 0.15) is 74.0 Å². The van der Waals surface area contributed by atoms with Gasteiger partial charge in [0.25, 0.3) is 5.91 Å². The van der Waals surface area contributed by atoms with Crippen LogP contribution in [-0.4, -0.2) is 29.4 Å². The zero-order chi connectivity index (χ0) is 21.5. The number of imide groups is 1. The monoisotopic (exact) mass is 410 g/mol. The van der Waals surface area contributed by atoms with E-state index in [1.54, 1.807) is 0 Å². The number of hydrogen-bond donors (Lipinski definition) is 1. The van der Waals surface area contributed by atoms with Crippen LogP contribution < -0.4 is 5.32 Å². The van der Waals surface area contributed by atoms with E-state index in [2.05, 4.69) is 12.2 Å². The molecular weight excluding hydrogens is 380 g/mol. The molecule has 2 aromatic rings. The number of carbonyl (C=O) groups excluding carboxylic acids is 3. The number of hydrogen-bond acceptors (Lipinski definition) is 5. The van der Waals surface area contributed by atoms with Crippen LogP contribution in [0.2, 0.25) is 0 Å². The van der Waals surface area contributed by atoms with E-state index in [-0.39, 0.29) is 11.8 Å². The molecule has 6 nitrogen and oxygen atoms in total. The standard InChI is InChI=1S/C24H30N2O4/c1-3-10-19-17(4-2)22(18-13-8-9-14-20(18)25-19)24(29)30-15-21(27)26-23(28)16-11-6-5-7-12-16/h8-9,13-14,16H,3-7,10-12,15H2,1-2H3,(H,26,27,28). The molecule has 0 spiro atoms. The maximum Gasteiger partial charge on any atom is 0.339 e. The lowest BCUT2D eigenvalue weighted by Gasteiger charge is -2.20. The van der Waals surface area contributed by atoms with Gasteiger partial charge in [0.1, 0.15) is 0 Å². The minimum atomic E-state index is -0.580. The second kappa shape index (κ2) is 10.3. The Hall–Kier alpha value is -2.76. The zero-order valence-electron chi connectivity index (χ0n) is 17.8. The number of para-hydroxylation sites is 1. The van der Waals surface area contributed by atoms with Crippen molar-refractivity contribution in [3.05, 3.63) is 41.1 Å². The molecule has 0 radical (unpaired) electrons. The molecule has 30 heavy (non-hydrogen) atoms. The number of fused-ring (bicyclic) bond motifs is 1. The number of aryl methyl sites for hydroxylation is 1. The summed E-state index contributed by atoms with van der Waals surface area (Å²) in [5, 5.41) is 3.11.